The minimum atomic E-state index is 0.248. The van der Waals surface area contributed by atoms with E-state index >= 15 is 0 Å². The number of hydrogen-bond donors (Lipinski definition) is 0. The van der Waals surface area contributed by atoms with E-state index in [0.29, 0.717) is 5.56 Å². The van der Waals surface area contributed by atoms with Crippen LogP contribution in [-0.2, 0) is 0 Å². The molecule has 68 valence electrons. The lowest BCUT2D eigenvalue weighted by Crippen LogP contribution is -1.85. The molecule has 0 radical (unpaired) electrons. The van der Waals surface area contributed by atoms with Crippen LogP contribution >= 0.6 is 27.5 Å². The van der Waals surface area contributed by atoms with E-state index in [-0.39, 0.29) is 5.15 Å². The third-order valence-electron chi connectivity index (χ3n) is 1.85. The Kier molecular flexibility index (Phi) is 2.40. The first-order valence-corrected chi connectivity index (χ1v) is 5.04. The SMILES string of the molecule is N#Cc1cc2ccc(Br)cc2nc1Cl. The van der Waals surface area contributed by atoms with Gasteiger partial charge in [-0.15, -0.1) is 0 Å². The van der Waals surface area contributed by atoms with Gasteiger partial charge in [-0.2, -0.15) is 5.26 Å². The second kappa shape index (κ2) is 3.56. The van der Waals surface area contributed by atoms with E-state index in [1.807, 2.05) is 24.3 Å². The number of benzene rings is 1. The van der Waals surface area contributed by atoms with E-state index in [1.165, 1.54) is 0 Å². The number of nitrogens with zero attached hydrogens (tertiary/aromatic N) is 2. The predicted molar refractivity (Wildman–Crippen MR) is 59.2 cm³/mol. The third kappa shape index (κ3) is 1.59. The van der Waals surface area contributed by atoms with Crippen molar-refractivity contribution in [3.63, 3.8) is 0 Å². The van der Waals surface area contributed by atoms with Crippen LogP contribution in [0, 0.1) is 11.3 Å². The number of pyridine rings is 1. The Hall–Kier alpha value is -1.11. The number of hydrogen-bond acceptors (Lipinski definition) is 2. The van der Waals surface area contributed by atoms with E-state index in [9.17, 15) is 0 Å². The van der Waals surface area contributed by atoms with E-state index in [1.54, 1.807) is 6.07 Å². The molecular formula is C10H4BrClN2. The second-order valence-electron chi connectivity index (χ2n) is 2.78. The molecule has 0 aliphatic heterocycles. The first-order valence-electron chi connectivity index (χ1n) is 3.86. The van der Waals surface area contributed by atoms with E-state index < -0.39 is 0 Å². The molecule has 1 heterocycles. The van der Waals surface area contributed by atoms with Crippen molar-refractivity contribution in [3.05, 3.63) is 39.5 Å². The molecule has 2 rings (SSSR count). The van der Waals surface area contributed by atoms with Gasteiger partial charge in [-0.1, -0.05) is 33.6 Å². The van der Waals surface area contributed by atoms with Crippen LogP contribution in [0.25, 0.3) is 10.9 Å². The lowest BCUT2D eigenvalue weighted by molar-refractivity contribution is 1.37. The van der Waals surface area contributed by atoms with Crippen LogP contribution in [0.4, 0.5) is 0 Å². The highest BCUT2D eigenvalue weighted by atomic mass is 79.9. The van der Waals surface area contributed by atoms with Gasteiger partial charge < -0.3 is 0 Å². The summed E-state index contributed by atoms with van der Waals surface area (Å²) < 4.78 is 0.943. The molecule has 14 heavy (non-hydrogen) atoms. The van der Waals surface area contributed by atoms with Crippen molar-refractivity contribution in [2.45, 2.75) is 0 Å². The molecule has 0 aliphatic rings. The molecular weight excluding hydrogens is 263 g/mol. The van der Waals surface area contributed by atoms with Crippen LogP contribution in [0.3, 0.4) is 0 Å². The third-order valence-corrected chi connectivity index (χ3v) is 2.64. The largest absolute Gasteiger partial charge is 0.235 e. The number of rotatable bonds is 0. The van der Waals surface area contributed by atoms with Crippen molar-refractivity contribution >= 4 is 38.4 Å². The topological polar surface area (TPSA) is 36.7 Å². The predicted octanol–water partition coefficient (Wildman–Crippen LogP) is 3.52. The summed E-state index contributed by atoms with van der Waals surface area (Å²) >= 11 is 9.15. The van der Waals surface area contributed by atoms with Gasteiger partial charge in [0.2, 0.25) is 0 Å². The maximum Gasteiger partial charge on any atom is 0.147 e. The molecule has 0 atom stereocenters. The van der Waals surface area contributed by atoms with Crippen molar-refractivity contribution in [3.8, 4) is 6.07 Å². The van der Waals surface area contributed by atoms with Crippen LogP contribution in [-0.4, -0.2) is 4.98 Å². The molecule has 0 amide bonds. The number of fused-ring (bicyclic) bond motifs is 1. The Morgan fingerprint density at radius 3 is 2.86 bits per heavy atom. The highest BCUT2D eigenvalue weighted by Gasteiger charge is 2.03. The van der Waals surface area contributed by atoms with Crippen LogP contribution in [0.5, 0.6) is 0 Å². The minimum Gasteiger partial charge on any atom is -0.235 e. The maximum absolute atomic E-state index is 8.75. The van der Waals surface area contributed by atoms with Crippen LogP contribution in [0.15, 0.2) is 28.7 Å². The van der Waals surface area contributed by atoms with Gasteiger partial charge >= 0.3 is 0 Å². The van der Waals surface area contributed by atoms with Crippen molar-refractivity contribution < 1.29 is 0 Å². The molecule has 0 aliphatic carbocycles. The molecule has 2 nitrogen and oxygen atoms in total. The molecule has 0 fully saturated rings. The zero-order valence-corrected chi connectivity index (χ0v) is 9.30. The van der Waals surface area contributed by atoms with Gasteiger partial charge in [-0.05, 0) is 18.2 Å². The lowest BCUT2D eigenvalue weighted by atomic mass is 10.2. The Labute approximate surface area is 94.3 Å². The van der Waals surface area contributed by atoms with E-state index in [4.69, 9.17) is 16.9 Å². The van der Waals surface area contributed by atoms with Crippen LogP contribution in [0.1, 0.15) is 5.56 Å². The fraction of sp³-hybridized carbons (Fsp3) is 0. The lowest BCUT2D eigenvalue weighted by Gasteiger charge is -1.99. The summed E-state index contributed by atoms with van der Waals surface area (Å²) in [7, 11) is 0. The Balaban J connectivity index is 2.81. The summed E-state index contributed by atoms with van der Waals surface area (Å²) in [5.74, 6) is 0. The molecule has 0 unspecified atom stereocenters. The van der Waals surface area contributed by atoms with Crippen molar-refractivity contribution in [2.24, 2.45) is 0 Å². The number of halogens is 2. The minimum absolute atomic E-state index is 0.248. The Bertz CT molecular complexity index is 546. The van der Waals surface area contributed by atoms with Gasteiger partial charge in [0.25, 0.3) is 0 Å². The van der Waals surface area contributed by atoms with Gasteiger partial charge in [0.15, 0.2) is 0 Å². The Morgan fingerprint density at radius 2 is 2.14 bits per heavy atom. The molecule has 1 aromatic heterocycles. The summed E-state index contributed by atoms with van der Waals surface area (Å²) in [5.41, 5.74) is 1.19. The highest BCUT2D eigenvalue weighted by Crippen LogP contribution is 2.22. The van der Waals surface area contributed by atoms with Crippen LogP contribution in [0.2, 0.25) is 5.15 Å². The van der Waals surface area contributed by atoms with E-state index in [2.05, 4.69) is 20.9 Å². The molecule has 0 bridgehead atoms. The summed E-state index contributed by atoms with van der Waals surface area (Å²) in [6, 6.07) is 9.39. The smallest absolute Gasteiger partial charge is 0.147 e. The van der Waals surface area contributed by atoms with Gasteiger partial charge in [0.1, 0.15) is 11.2 Å². The number of nitriles is 1. The van der Waals surface area contributed by atoms with Gasteiger partial charge in [0.05, 0.1) is 11.1 Å². The summed E-state index contributed by atoms with van der Waals surface area (Å²) in [6.45, 7) is 0. The average molecular weight is 268 g/mol. The van der Waals surface area contributed by atoms with Crippen molar-refractivity contribution in [1.82, 2.24) is 4.98 Å². The summed E-state index contributed by atoms with van der Waals surface area (Å²) in [6.07, 6.45) is 0. The standard InChI is InChI=1S/C10H4BrClN2/c11-8-2-1-6-3-7(5-13)10(12)14-9(6)4-8/h1-4H. The molecule has 1 aromatic carbocycles. The quantitative estimate of drug-likeness (QED) is 0.685. The second-order valence-corrected chi connectivity index (χ2v) is 4.05. The number of aromatic nitrogens is 1. The zero-order valence-electron chi connectivity index (χ0n) is 6.96. The average Bonchev–Trinajstić information content (AvgIpc) is 2.16. The highest BCUT2D eigenvalue weighted by molar-refractivity contribution is 9.10. The molecule has 0 saturated heterocycles. The Morgan fingerprint density at radius 1 is 1.36 bits per heavy atom. The first kappa shape index (κ1) is 9.45. The normalized spacial score (nSPS) is 10.1. The monoisotopic (exact) mass is 266 g/mol. The maximum atomic E-state index is 8.75. The van der Waals surface area contributed by atoms with Crippen molar-refractivity contribution in [2.75, 3.05) is 0 Å². The summed E-state index contributed by atoms with van der Waals surface area (Å²) in [4.78, 5) is 4.12. The van der Waals surface area contributed by atoms with Gasteiger partial charge in [-0.3, -0.25) is 0 Å². The molecule has 0 spiro atoms. The summed E-state index contributed by atoms with van der Waals surface area (Å²) in [5, 5.41) is 9.91. The molecule has 0 N–H and O–H groups in total. The van der Waals surface area contributed by atoms with Gasteiger partial charge in [0, 0.05) is 9.86 Å². The van der Waals surface area contributed by atoms with Crippen molar-refractivity contribution in [1.29, 1.82) is 5.26 Å². The van der Waals surface area contributed by atoms with Gasteiger partial charge in [-0.25, -0.2) is 4.98 Å². The van der Waals surface area contributed by atoms with Crippen LogP contribution < -0.4 is 0 Å². The molecule has 0 saturated carbocycles. The fourth-order valence-corrected chi connectivity index (χ4v) is 1.73. The zero-order chi connectivity index (χ0) is 10.1. The molecule has 4 heteroatoms. The fourth-order valence-electron chi connectivity index (χ4n) is 1.20. The first-order chi connectivity index (χ1) is 6.70. The molecule has 2 aromatic rings. The van der Waals surface area contributed by atoms with E-state index in [0.717, 1.165) is 15.4 Å².